The molecule has 3 atom stereocenters. The number of hydrogen-bond acceptors (Lipinski definition) is 3. The first-order valence-corrected chi connectivity index (χ1v) is 11.2. The Morgan fingerprint density at radius 2 is 1.45 bits per heavy atom. The maximum atomic E-state index is 13.5. The predicted molar refractivity (Wildman–Crippen MR) is 123 cm³/mol. The largest absolute Gasteiger partial charge is 0.334 e. The number of Topliss-reactive ketones (excluding diaryl/α,β-unsaturated/α-hetero) is 1. The molecule has 2 aromatic rings. The van der Waals surface area contributed by atoms with Crippen molar-refractivity contribution in [2.45, 2.75) is 64.4 Å². The molecule has 3 heteroatoms. The van der Waals surface area contributed by atoms with Crippen LogP contribution in [-0.4, -0.2) is 23.3 Å². The third kappa shape index (κ3) is 2.98. The highest BCUT2D eigenvalue weighted by Gasteiger charge is 2.74. The van der Waals surface area contributed by atoms with Crippen LogP contribution >= 0.6 is 0 Å². The monoisotopic (exact) mass is 414 g/mol. The van der Waals surface area contributed by atoms with E-state index in [0.717, 1.165) is 41.5 Å². The van der Waals surface area contributed by atoms with E-state index in [1.807, 2.05) is 39.0 Å². The van der Waals surface area contributed by atoms with E-state index in [-0.39, 0.29) is 5.78 Å². The molecular weight excluding hydrogens is 384 g/mol. The summed E-state index contributed by atoms with van der Waals surface area (Å²) < 4.78 is 13.3. The molecule has 3 aliphatic rings. The Bertz CT molecular complexity index is 1080. The van der Waals surface area contributed by atoms with Gasteiger partial charge in [0.1, 0.15) is 5.60 Å². The number of ether oxygens (including phenoxy) is 2. The van der Waals surface area contributed by atoms with Crippen LogP contribution in [0.5, 0.6) is 0 Å². The van der Waals surface area contributed by atoms with Crippen molar-refractivity contribution in [3.05, 3.63) is 82.4 Å². The third-order valence-corrected chi connectivity index (χ3v) is 7.46. The van der Waals surface area contributed by atoms with Crippen molar-refractivity contribution in [2.24, 2.45) is 5.41 Å². The maximum absolute atomic E-state index is 13.5. The lowest BCUT2D eigenvalue weighted by Crippen LogP contribution is -2.59. The van der Waals surface area contributed by atoms with E-state index >= 15 is 0 Å². The highest BCUT2D eigenvalue weighted by Crippen LogP contribution is 2.62. The van der Waals surface area contributed by atoms with E-state index in [1.54, 1.807) is 0 Å². The Hall–Kier alpha value is -2.49. The van der Waals surface area contributed by atoms with E-state index < -0.39 is 22.9 Å². The normalized spacial score (nSPS) is 34.2. The molecule has 1 spiro atoms. The van der Waals surface area contributed by atoms with Gasteiger partial charge in [0.15, 0.2) is 17.7 Å². The summed E-state index contributed by atoms with van der Waals surface area (Å²) in [6.07, 6.45) is 6.62. The Labute approximate surface area is 184 Å². The molecule has 1 aliphatic carbocycles. The summed E-state index contributed by atoms with van der Waals surface area (Å²) in [4.78, 5) is 13.5. The van der Waals surface area contributed by atoms with E-state index in [1.165, 1.54) is 5.56 Å². The van der Waals surface area contributed by atoms with Crippen molar-refractivity contribution in [3.63, 3.8) is 0 Å². The van der Waals surface area contributed by atoms with Crippen LogP contribution in [0.2, 0.25) is 0 Å². The molecule has 160 valence electrons. The highest BCUT2D eigenvalue weighted by atomic mass is 16.8. The maximum Gasteiger partial charge on any atom is 0.180 e. The second-order valence-corrected chi connectivity index (χ2v) is 9.78. The number of carbonyl (C=O) groups is 1. The first-order chi connectivity index (χ1) is 14.8. The Kier molecular flexibility index (Phi) is 4.62. The van der Waals surface area contributed by atoms with Crippen LogP contribution in [0.3, 0.4) is 0 Å². The van der Waals surface area contributed by atoms with Crippen LogP contribution in [0.4, 0.5) is 0 Å². The number of carbonyl (C=O) groups excluding carboxylic acids is 1. The summed E-state index contributed by atoms with van der Waals surface area (Å²) in [6, 6.07) is 18.8. The van der Waals surface area contributed by atoms with Crippen LogP contribution in [0.1, 0.15) is 56.7 Å². The van der Waals surface area contributed by atoms with Gasteiger partial charge in [0, 0.05) is 0 Å². The van der Waals surface area contributed by atoms with Crippen molar-refractivity contribution in [1.82, 2.24) is 0 Å². The van der Waals surface area contributed by atoms with Gasteiger partial charge in [0.05, 0.1) is 5.41 Å². The summed E-state index contributed by atoms with van der Waals surface area (Å²) in [7, 11) is 0. The fourth-order valence-corrected chi connectivity index (χ4v) is 5.25. The fraction of sp³-hybridized carbons (Fsp3) is 0.393. The van der Waals surface area contributed by atoms with Crippen molar-refractivity contribution >= 4 is 17.9 Å². The molecule has 0 aromatic heterocycles. The van der Waals surface area contributed by atoms with Crippen molar-refractivity contribution in [2.75, 3.05) is 0 Å². The minimum Gasteiger partial charge on any atom is -0.334 e. The summed E-state index contributed by atoms with van der Waals surface area (Å²) in [5, 5.41) is 0. The molecule has 2 saturated heterocycles. The molecule has 0 amide bonds. The van der Waals surface area contributed by atoms with Crippen molar-refractivity contribution < 1.29 is 14.3 Å². The SMILES string of the molecule is Cc1ccc(/C=C2\CCC/C(=C\c3ccccc3)[C@]23O[C@]2(C)O[C@H]3C(=O)C2(C)C)cc1. The lowest BCUT2D eigenvalue weighted by molar-refractivity contribution is -0.210. The third-order valence-electron chi connectivity index (χ3n) is 7.46. The van der Waals surface area contributed by atoms with E-state index in [9.17, 15) is 4.79 Å². The topological polar surface area (TPSA) is 35.5 Å². The number of ketones is 1. The van der Waals surface area contributed by atoms with Gasteiger partial charge in [0.2, 0.25) is 0 Å². The second kappa shape index (κ2) is 7.01. The fourth-order valence-electron chi connectivity index (χ4n) is 5.25. The number of benzene rings is 2. The predicted octanol–water partition coefficient (Wildman–Crippen LogP) is 6.13. The summed E-state index contributed by atoms with van der Waals surface area (Å²) in [5.74, 6) is -0.800. The molecule has 3 fully saturated rings. The Balaban J connectivity index is 1.68. The quantitative estimate of drug-likeness (QED) is 0.593. The van der Waals surface area contributed by atoms with E-state index in [2.05, 4.69) is 55.5 Å². The number of fused-ring (bicyclic) bond motifs is 3. The van der Waals surface area contributed by atoms with Crippen LogP contribution in [0.25, 0.3) is 12.2 Å². The highest BCUT2D eigenvalue weighted by molar-refractivity contribution is 5.95. The minimum atomic E-state index is -0.936. The Morgan fingerprint density at radius 1 is 0.871 bits per heavy atom. The zero-order chi connectivity index (χ0) is 21.9. The summed E-state index contributed by atoms with van der Waals surface area (Å²) >= 11 is 0. The molecule has 0 unspecified atom stereocenters. The molecule has 31 heavy (non-hydrogen) atoms. The molecule has 2 bridgehead atoms. The average molecular weight is 415 g/mol. The van der Waals surface area contributed by atoms with Gasteiger partial charge < -0.3 is 9.47 Å². The molecule has 0 N–H and O–H groups in total. The smallest absolute Gasteiger partial charge is 0.180 e. The first-order valence-electron chi connectivity index (χ1n) is 11.2. The van der Waals surface area contributed by atoms with Gasteiger partial charge in [-0.1, -0.05) is 72.3 Å². The van der Waals surface area contributed by atoms with Gasteiger partial charge in [-0.05, 0) is 69.2 Å². The van der Waals surface area contributed by atoms with Crippen LogP contribution in [0, 0.1) is 12.3 Å². The van der Waals surface area contributed by atoms with Gasteiger partial charge in [0.25, 0.3) is 0 Å². The average Bonchev–Trinajstić information content (AvgIpc) is 3.16. The molecule has 0 radical (unpaired) electrons. The first kappa shape index (κ1) is 20.4. The zero-order valence-corrected chi connectivity index (χ0v) is 18.8. The Morgan fingerprint density at radius 3 is 2.00 bits per heavy atom. The summed E-state index contributed by atoms with van der Waals surface area (Å²) in [5.41, 5.74) is 4.26. The number of rotatable bonds is 2. The van der Waals surface area contributed by atoms with Crippen LogP contribution in [0.15, 0.2) is 65.7 Å². The summed E-state index contributed by atoms with van der Waals surface area (Å²) in [6.45, 7) is 7.90. The van der Waals surface area contributed by atoms with Crippen LogP contribution < -0.4 is 0 Å². The van der Waals surface area contributed by atoms with Gasteiger partial charge in [-0.2, -0.15) is 0 Å². The van der Waals surface area contributed by atoms with E-state index in [0.29, 0.717) is 0 Å². The number of aryl methyl sites for hydroxylation is 1. The molecule has 2 aromatic carbocycles. The molecular formula is C28H30O3. The van der Waals surface area contributed by atoms with Gasteiger partial charge in [-0.15, -0.1) is 0 Å². The van der Waals surface area contributed by atoms with Gasteiger partial charge in [-0.25, -0.2) is 0 Å². The van der Waals surface area contributed by atoms with Crippen molar-refractivity contribution in [1.29, 1.82) is 0 Å². The molecule has 3 nitrogen and oxygen atoms in total. The minimum absolute atomic E-state index is 0.136. The number of hydrogen-bond donors (Lipinski definition) is 0. The van der Waals surface area contributed by atoms with Crippen LogP contribution in [-0.2, 0) is 14.3 Å². The van der Waals surface area contributed by atoms with Gasteiger partial charge in [-0.3, -0.25) is 4.79 Å². The molecule has 2 aliphatic heterocycles. The second-order valence-electron chi connectivity index (χ2n) is 9.78. The molecule has 2 heterocycles. The standard InChI is InChI=1S/C28H30O3/c1-19-13-15-21(16-14-19)18-23-12-8-11-22(17-20-9-6-5-7-10-20)28(23)25-24(29)26(2,3)27(4,30-25)31-28/h5-7,9-10,13-18,25H,8,11-12H2,1-4H3/b22-17+,23-18+/t25-,27-,28-/m0/s1. The zero-order valence-electron chi connectivity index (χ0n) is 18.8. The van der Waals surface area contributed by atoms with Gasteiger partial charge >= 0.3 is 0 Å². The lowest BCUT2D eigenvalue weighted by Gasteiger charge is -2.47. The lowest BCUT2D eigenvalue weighted by atomic mass is 9.65. The van der Waals surface area contributed by atoms with E-state index in [4.69, 9.17) is 9.47 Å². The molecule has 1 saturated carbocycles. The van der Waals surface area contributed by atoms with Crippen molar-refractivity contribution in [3.8, 4) is 0 Å². The molecule has 5 rings (SSSR count).